The minimum Gasteiger partial charge on any atom is -0.347 e. The molecule has 1 fully saturated rings. The summed E-state index contributed by atoms with van der Waals surface area (Å²) in [5, 5.41) is 3.18. The summed E-state index contributed by atoms with van der Waals surface area (Å²) in [6, 6.07) is 15.8. The number of carbonyl (C=O) groups is 3. The number of anilines is 1. The van der Waals surface area contributed by atoms with E-state index in [1.807, 2.05) is 55.1 Å². The molecular formula is C27H33N3O3. The zero-order valence-electron chi connectivity index (χ0n) is 19.8. The Bertz CT molecular complexity index is 1040. The van der Waals surface area contributed by atoms with E-state index in [2.05, 4.69) is 22.3 Å². The maximum absolute atomic E-state index is 13.1. The van der Waals surface area contributed by atoms with Gasteiger partial charge in [0.2, 0.25) is 11.8 Å². The summed E-state index contributed by atoms with van der Waals surface area (Å²) in [6.07, 6.45) is 2.32. The summed E-state index contributed by atoms with van der Waals surface area (Å²) < 4.78 is 0. The molecule has 0 radical (unpaired) electrons. The van der Waals surface area contributed by atoms with Gasteiger partial charge in [-0.3, -0.25) is 19.3 Å². The monoisotopic (exact) mass is 447 g/mol. The number of amides is 2. The molecule has 6 heteroatoms. The van der Waals surface area contributed by atoms with E-state index in [9.17, 15) is 14.4 Å². The van der Waals surface area contributed by atoms with Crippen LogP contribution in [0, 0.1) is 5.92 Å². The molecule has 2 aliphatic rings. The van der Waals surface area contributed by atoms with Gasteiger partial charge in [0.1, 0.15) is 0 Å². The topological polar surface area (TPSA) is 69.7 Å². The van der Waals surface area contributed by atoms with Gasteiger partial charge >= 0.3 is 0 Å². The number of piperidine rings is 1. The zero-order chi connectivity index (χ0) is 23.6. The van der Waals surface area contributed by atoms with E-state index < -0.39 is 0 Å². The summed E-state index contributed by atoms with van der Waals surface area (Å²) in [6.45, 7) is 7.90. The van der Waals surface area contributed by atoms with Gasteiger partial charge in [-0.05, 0) is 48.6 Å². The molecule has 2 aromatic rings. The number of ketones is 1. The van der Waals surface area contributed by atoms with Crippen LogP contribution >= 0.6 is 0 Å². The molecule has 2 aliphatic heterocycles. The van der Waals surface area contributed by atoms with Gasteiger partial charge in [0.25, 0.3) is 0 Å². The van der Waals surface area contributed by atoms with Gasteiger partial charge in [-0.25, -0.2) is 0 Å². The number of Topliss-reactive ketones (excluding diaryl/α,β-unsaturated/α-hetero) is 1. The second-order valence-corrected chi connectivity index (χ2v) is 9.57. The molecule has 0 unspecified atom stereocenters. The Morgan fingerprint density at radius 3 is 2.33 bits per heavy atom. The summed E-state index contributed by atoms with van der Waals surface area (Å²) in [7, 11) is 0. The number of hydrogen-bond donors (Lipinski definition) is 1. The van der Waals surface area contributed by atoms with Crippen molar-refractivity contribution in [2.24, 2.45) is 5.92 Å². The normalized spacial score (nSPS) is 17.6. The maximum Gasteiger partial charge on any atom is 0.229 e. The van der Waals surface area contributed by atoms with Gasteiger partial charge in [-0.15, -0.1) is 0 Å². The van der Waals surface area contributed by atoms with Crippen molar-refractivity contribution in [3.8, 4) is 0 Å². The lowest BCUT2D eigenvalue weighted by molar-refractivity contribution is -0.122. The van der Waals surface area contributed by atoms with Crippen molar-refractivity contribution in [1.29, 1.82) is 0 Å². The first-order chi connectivity index (χ1) is 15.8. The van der Waals surface area contributed by atoms with E-state index in [-0.39, 0.29) is 29.1 Å². The van der Waals surface area contributed by atoms with Crippen LogP contribution in [0.1, 0.15) is 55.1 Å². The SMILES string of the molecule is CC(=O)NC1(c2ccccc2)CCN(CC(=O)c2ccc3c(c2)CCN3C(=O)C(C)C)CC1. The molecule has 0 bridgehead atoms. The highest BCUT2D eigenvalue weighted by molar-refractivity contribution is 6.00. The highest BCUT2D eigenvalue weighted by atomic mass is 16.2. The molecule has 0 aromatic heterocycles. The molecule has 0 atom stereocenters. The summed E-state index contributed by atoms with van der Waals surface area (Å²) in [5.41, 5.74) is 3.44. The molecule has 1 saturated heterocycles. The molecule has 6 nitrogen and oxygen atoms in total. The summed E-state index contributed by atoms with van der Waals surface area (Å²) >= 11 is 0. The van der Waals surface area contributed by atoms with Crippen LogP contribution in [-0.4, -0.2) is 48.7 Å². The lowest BCUT2D eigenvalue weighted by atomic mass is 9.80. The Hall–Kier alpha value is -2.99. The summed E-state index contributed by atoms with van der Waals surface area (Å²) in [4.78, 5) is 41.4. The molecule has 174 valence electrons. The predicted octanol–water partition coefficient (Wildman–Crippen LogP) is 3.54. The van der Waals surface area contributed by atoms with E-state index in [0.717, 1.165) is 49.2 Å². The second-order valence-electron chi connectivity index (χ2n) is 9.57. The number of likely N-dealkylation sites (tertiary alicyclic amines) is 1. The number of nitrogens with zero attached hydrogens (tertiary/aromatic N) is 2. The fourth-order valence-corrected chi connectivity index (χ4v) is 5.08. The molecule has 2 aromatic carbocycles. The molecular weight excluding hydrogens is 414 g/mol. The highest BCUT2D eigenvalue weighted by Crippen LogP contribution is 2.34. The van der Waals surface area contributed by atoms with Gasteiger partial charge in [0, 0.05) is 43.7 Å². The van der Waals surface area contributed by atoms with Crippen LogP contribution in [0.15, 0.2) is 48.5 Å². The third-order valence-electron chi connectivity index (χ3n) is 6.88. The first-order valence-electron chi connectivity index (χ1n) is 11.8. The fraction of sp³-hybridized carbons (Fsp3) is 0.444. The molecule has 2 amide bonds. The number of fused-ring (bicyclic) bond motifs is 1. The standard InChI is InChI=1S/C27H33N3O3/c1-19(2)26(33)30-14-11-21-17-22(9-10-24(21)30)25(32)18-29-15-12-27(13-16-29,28-20(3)31)23-7-5-4-6-8-23/h4-10,17,19H,11-16,18H2,1-3H3,(H,28,31). The fourth-order valence-electron chi connectivity index (χ4n) is 5.08. The average molecular weight is 448 g/mol. The van der Waals surface area contributed by atoms with E-state index in [1.54, 1.807) is 6.92 Å². The predicted molar refractivity (Wildman–Crippen MR) is 129 cm³/mol. The molecule has 2 heterocycles. The van der Waals surface area contributed by atoms with Crippen LogP contribution < -0.4 is 10.2 Å². The number of carbonyl (C=O) groups excluding carboxylic acids is 3. The number of benzene rings is 2. The van der Waals surface area contributed by atoms with E-state index in [0.29, 0.717) is 18.7 Å². The van der Waals surface area contributed by atoms with E-state index in [1.165, 1.54) is 0 Å². The molecule has 0 aliphatic carbocycles. The number of hydrogen-bond acceptors (Lipinski definition) is 4. The largest absolute Gasteiger partial charge is 0.347 e. The third kappa shape index (κ3) is 4.86. The Morgan fingerprint density at radius 2 is 1.70 bits per heavy atom. The van der Waals surface area contributed by atoms with Gasteiger partial charge in [0.05, 0.1) is 12.1 Å². The molecule has 33 heavy (non-hydrogen) atoms. The van der Waals surface area contributed by atoms with Crippen LogP contribution in [0.2, 0.25) is 0 Å². The average Bonchev–Trinajstić information content (AvgIpc) is 3.23. The number of nitrogens with one attached hydrogen (secondary N) is 1. The lowest BCUT2D eigenvalue weighted by Gasteiger charge is -2.42. The van der Waals surface area contributed by atoms with Crippen molar-refractivity contribution in [3.63, 3.8) is 0 Å². The van der Waals surface area contributed by atoms with Crippen LogP contribution in [0.5, 0.6) is 0 Å². The first kappa shape index (κ1) is 23.2. The molecule has 0 saturated carbocycles. The zero-order valence-corrected chi connectivity index (χ0v) is 19.8. The Labute approximate surface area is 196 Å². The van der Waals surface area contributed by atoms with Gasteiger partial charge in [0.15, 0.2) is 5.78 Å². The second kappa shape index (κ2) is 9.48. The quantitative estimate of drug-likeness (QED) is 0.688. The van der Waals surface area contributed by atoms with E-state index >= 15 is 0 Å². The van der Waals surface area contributed by atoms with Crippen LogP contribution in [0.3, 0.4) is 0 Å². The van der Waals surface area contributed by atoms with Gasteiger partial charge in [-0.2, -0.15) is 0 Å². The van der Waals surface area contributed by atoms with Crippen molar-refractivity contribution in [2.45, 2.75) is 45.6 Å². The minimum atomic E-state index is -0.382. The van der Waals surface area contributed by atoms with Gasteiger partial charge in [-0.1, -0.05) is 44.2 Å². The smallest absolute Gasteiger partial charge is 0.229 e. The van der Waals surface area contributed by atoms with Crippen molar-refractivity contribution in [2.75, 3.05) is 31.1 Å². The van der Waals surface area contributed by atoms with Crippen molar-refractivity contribution < 1.29 is 14.4 Å². The first-order valence-corrected chi connectivity index (χ1v) is 11.8. The van der Waals surface area contributed by atoms with Crippen molar-refractivity contribution in [3.05, 3.63) is 65.2 Å². The Morgan fingerprint density at radius 1 is 1.00 bits per heavy atom. The lowest BCUT2D eigenvalue weighted by Crippen LogP contribution is -2.53. The highest BCUT2D eigenvalue weighted by Gasteiger charge is 2.37. The molecule has 4 rings (SSSR count). The van der Waals surface area contributed by atoms with Crippen molar-refractivity contribution >= 4 is 23.3 Å². The maximum atomic E-state index is 13.1. The van der Waals surface area contributed by atoms with E-state index in [4.69, 9.17) is 0 Å². The van der Waals surface area contributed by atoms with Crippen LogP contribution in [0.25, 0.3) is 0 Å². The molecule has 0 spiro atoms. The van der Waals surface area contributed by atoms with Crippen molar-refractivity contribution in [1.82, 2.24) is 10.2 Å². The van der Waals surface area contributed by atoms with Crippen LogP contribution in [0.4, 0.5) is 5.69 Å². The Balaban J connectivity index is 1.41. The van der Waals surface area contributed by atoms with Gasteiger partial charge < -0.3 is 10.2 Å². The summed E-state index contributed by atoms with van der Waals surface area (Å²) in [5.74, 6) is 0.142. The third-order valence-corrected chi connectivity index (χ3v) is 6.88. The van der Waals surface area contributed by atoms with Crippen LogP contribution in [-0.2, 0) is 21.5 Å². The minimum absolute atomic E-state index is 0.0356. The number of rotatable bonds is 6. The molecule has 1 N–H and O–H groups in total. The Kier molecular flexibility index (Phi) is 6.66.